The lowest BCUT2D eigenvalue weighted by Gasteiger charge is -2.12. The molecule has 0 radical (unpaired) electrons. The van der Waals surface area contributed by atoms with Crippen LogP contribution >= 0.6 is 11.6 Å². The van der Waals surface area contributed by atoms with Crippen molar-refractivity contribution in [3.05, 3.63) is 64.3 Å². The number of benzene rings is 2. The standard InChI is InChI=1S/C22H22ClF2NO3/c1-2-3-6-28-7-8-29-22-10-15(23)5-4-14(22)9-21(27)17-13-26-20-12-19(25)18(24)11-16(17)20/h4-5,10-13,26H,2-3,6-9H2,1H3. The van der Waals surface area contributed by atoms with Crippen LogP contribution in [0.25, 0.3) is 10.9 Å². The predicted molar refractivity (Wildman–Crippen MR) is 109 cm³/mol. The molecule has 0 atom stereocenters. The Morgan fingerprint density at radius 3 is 2.69 bits per heavy atom. The fraction of sp³-hybridized carbons (Fsp3) is 0.318. The number of rotatable bonds is 10. The number of carbonyl (C=O) groups is 1. The lowest BCUT2D eigenvalue weighted by molar-refractivity contribution is 0.0964. The molecule has 0 unspecified atom stereocenters. The number of hydrogen-bond donors (Lipinski definition) is 1. The second-order valence-electron chi connectivity index (χ2n) is 6.68. The minimum atomic E-state index is -0.996. The van der Waals surface area contributed by atoms with Gasteiger partial charge in [-0.15, -0.1) is 0 Å². The van der Waals surface area contributed by atoms with Crippen LogP contribution in [0.2, 0.25) is 5.02 Å². The maximum absolute atomic E-state index is 13.6. The number of H-pyrrole nitrogens is 1. The average Bonchev–Trinajstić information content (AvgIpc) is 3.09. The minimum absolute atomic E-state index is 0.0368. The number of carbonyl (C=O) groups excluding carboxylic acids is 1. The van der Waals surface area contributed by atoms with Crippen molar-refractivity contribution in [3.8, 4) is 5.75 Å². The van der Waals surface area contributed by atoms with E-state index in [0.29, 0.717) is 52.6 Å². The van der Waals surface area contributed by atoms with Crippen molar-refractivity contribution < 1.29 is 23.0 Å². The maximum atomic E-state index is 13.6. The van der Waals surface area contributed by atoms with E-state index >= 15 is 0 Å². The molecule has 0 saturated heterocycles. The van der Waals surface area contributed by atoms with Gasteiger partial charge in [-0.2, -0.15) is 0 Å². The molecule has 0 fully saturated rings. The van der Waals surface area contributed by atoms with E-state index in [-0.39, 0.29) is 12.2 Å². The summed E-state index contributed by atoms with van der Waals surface area (Å²) in [6.07, 6.45) is 3.55. The summed E-state index contributed by atoms with van der Waals surface area (Å²) in [5.74, 6) is -1.70. The third kappa shape index (κ3) is 5.34. The topological polar surface area (TPSA) is 51.3 Å². The zero-order valence-corrected chi connectivity index (χ0v) is 16.8. The number of unbranched alkanes of at least 4 members (excludes halogenated alkanes) is 1. The lowest BCUT2D eigenvalue weighted by Crippen LogP contribution is -2.10. The van der Waals surface area contributed by atoms with Crippen molar-refractivity contribution in [2.45, 2.75) is 26.2 Å². The number of nitrogens with one attached hydrogen (secondary N) is 1. The van der Waals surface area contributed by atoms with Crippen molar-refractivity contribution >= 4 is 28.3 Å². The van der Waals surface area contributed by atoms with E-state index in [0.717, 1.165) is 25.0 Å². The van der Waals surface area contributed by atoms with Gasteiger partial charge in [0.15, 0.2) is 17.4 Å². The summed E-state index contributed by atoms with van der Waals surface area (Å²) < 4.78 is 38.2. The summed E-state index contributed by atoms with van der Waals surface area (Å²) in [5.41, 5.74) is 1.32. The van der Waals surface area contributed by atoms with Crippen molar-refractivity contribution in [3.63, 3.8) is 0 Å². The monoisotopic (exact) mass is 421 g/mol. The van der Waals surface area contributed by atoms with E-state index in [1.165, 1.54) is 6.20 Å². The van der Waals surface area contributed by atoms with Crippen LogP contribution in [-0.4, -0.2) is 30.6 Å². The van der Waals surface area contributed by atoms with Crippen LogP contribution in [0, 0.1) is 11.6 Å². The fourth-order valence-corrected chi connectivity index (χ4v) is 3.15. The first-order valence-corrected chi connectivity index (χ1v) is 9.85. The molecule has 0 aliphatic heterocycles. The minimum Gasteiger partial charge on any atom is -0.491 e. The number of hydrogen-bond acceptors (Lipinski definition) is 3. The molecule has 4 nitrogen and oxygen atoms in total. The predicted octanol–water partition coefficient (Wildman–Crippen LogP) is 5.72. The smallest absolute Gasteiger partial charge is 0.169 e. The molecule has 0 bridgehead atoms. The van der Waals surface area contributed by atoms with E-state index in [9.17, 15) is 13.6 Å². The molecule has 0 aliphatic carbocycles. The highest BCUT2D eigenvalue weighted by Gasteiger charge is 2.17. The highest BCUT2D eigenvalue weighted by molar-refractivity contribution is 6.30. The number of aromatic nitrogens is 1. The van der Waals surface area contributed by atoms with E-state index in [2.05, 4.69) is 11.9 Å². The Morgan fingerprint density at radius 2 is 1.90 bits per heavy atom. The Kier molecular flexibility index (Phi) is 7.23. The Morgan fingerprint density at radius 1 is 1.10 bits per heavy atom. The van der Waals surface area contributed by atoms with Crippen molar-refractivity contribution in [1.82, 2.24) is 4.98 Å². The summed E-state index contributed by atoms with van der Waals surface area (Å²) in [7, 11) is 0. The summed E-state index contributed by atoms with van der Waals surface area (Å²) >= 11 is 6.07. The van der Waals surface area contributed by atoms with Crippen LogP contribution in [0.3, 0.4) is 0 Å². The molecule has 1 heterocycles. The summed E-state index contributed by atoms with van der Waals surface area (Å²) in [6, 6.07) is 7.13. The molecule has 1 aromatic heterocycles. The Bertz CT molecular complexity index is 1000. The van der Waals surface area contributed by atoms with Crippen LogP contribution in [0.4, 0.5) is 8.78 Å². The van der Waals surface area contributed by atoms with Gasteiger partial charge < -0.3 is 14.5 Å². The maximum Gasteiger partial charge on any atom is 0.169 e. The fourth-order valence-electron chi connectivity index (χ4n) is 2.98. The molecule has 154 valence electrons. The molecule has 7 heteroatoms. The van der Waals surface area contributed by atoms with Gasteiger partial charge in [-0.25, -0.2) is 8.78 Å². The van der Waals surface area contributed by atoms with Crippen LogP contribution in [0.5, 0.6) is 5.75 Å². The molecule has 29 heavy (non-hydrogen) atoms. The highest BCUT2D eigenvalue weighted by atomic mass is 35.5. The quantitative estimate of drug-likeness (QED) is 0.336. The molecular weight excluding hydrogens is 400 g/mol. The van der Waals surface area contributed by atoms with Gasteiger partial charge in [0.1, 0.15) is 12.4 Å². The van der Waals surface area contributed by atoms with Crippen LogP contribution in [0.15, 0.2) is 36.5 Å². The number of aromatic amines is 1. The van der Waals surface area contributed by atoms with Gasteiger partial charge in [0.2, 0.25) is 0 Å². The van der Waals surface area contributed by atoms with Gasteiger partial charge in [0.25, 0.3) is 0 Å². The van der Waals surface area contributed by atoms with E-state index in [1.54, 1.807) is 18.2 Å². The van der Waals surface area contributed by atoms with Gasteiger partial charge in [0.05, 0.1) is 6.61 Å². The van der Waals surface area contributed by atoms with Gasteiger partial charge >= 0.3 is 0 Å². The molecule has 0 amide bonds. The van der Waals surface area contributed by atoms with Gasteiger partial charge in [-0.05, 0) is 24.6 Å². The third-order valence-corrected chi connectivity index (χ3v) is 4.77. The van der Waals surface area contributed by atoms with Gasteiger partial charge in [0, 0.05) is 52.3 Å². The molecule has 3 rings (SSSR count). The van der Waals surface area contributed by atoms with E-state index < -0.39 is 11.6 Å². The first-order valence-electron chi connectivity index (χ1n) is 9.48. The summed E-state index contributed by atoms with van der Waals surface area (Å²) in [5, 5.41) is 0.836. The SMILES string of the molecule is CCCCOCCOc1cc(Cl)ccc1CC(=O)c1c[nH]c2cc(F)c(F)cc12. The molecule has 3 aromatic rings. The second-order valence-corrected chi connectivity index (χ2v) is 7.12. The largest absolute Gasteiger partial charge is 0.491 e. The first-order chi connectivity index (χ1) is 14.0. The molecule has 1 N–H and O–H groups in total. The molecule has 0 spiro atoms. The Balaban J connectivity index is 1.72. The van der Waals surface area contributed by atoms with Crippen molar-refractivity contribution in [2.75, 3.05) is 19.8 Å². The zero-order chi connectivity index (χ0) is 20.8. The van der Waals surface area contributed by atoms with Crippen molar-refractivity contribution in [2.24, 2.45) is 0 Å². The van der Waals surface area contributed by atoms with Crippen molar-refractivity contribution in [1.29, 1.82) is 0 Å². The van der Waals surface area contributed by atoms with E-state index in [1.807, 2.05) is 0 Å². The zero-order valence-electron chi connectivity index (χ0n) is 16.1. The second kappa shape index (κ2) is 9.85. The summed E-state index contributed by atoms with van der Waals surface area (Å²) in [4.78, 5) is 15.6. The molecule has 0 aliphatic rings. The first kappa shape index (κ1) is 21.3. The molecule has 2 aromatic carbocycles. The van der Waals surface area contributed by atoms with Crippen LogP contribution in [0.1, 0.15) is 35.7 Å². The number of halogens is 3. The Labute approximate surface area is 172 Å². The van der Waals surface area contributed by atoms with Crippen LogP contribution < -0.4 is 4.74 Å². The number of ether oxygens (including phenoxy) is 2. The summed E-state index contributed by atoms with van der Waals surface area (Å²) in [6.45, 7) is 3.54. The molecule has 0 saturated carbocycles. The number of fused-ring (bicyclic) bond motifs is 1. The third-order valence-electron chi connectivity index (χ3n) is 4.53. The lowest BCUT2D eigenvalue weighted by atomic mass is 10.0. The van der Waals surface area contributed by atoms with Gasteiger partial charge in [-0.3, -0.25) is 4.79 Å². The average molecular weight is 422 g/mol. The van der Waals surface area contributed by atoms with E-state index in [4.69, 9.17) is 21.1 Å². The normalized spacial score (nSPS) is 11.2. The molecular formula is C22H22ClF2NO3. The number of Topliss-reactive ketones (excluding diaryl/α,β-unsaturated/α-hetero) is 1. The van der Waals surface area contributed by atoms with Gasteiger partial charge in [-0.1, -0.05) is 31.0 Å². The highest BCUT2D eigenvalue weighted by Crippen LogP contribution is 2.27. The number of ketones is 1. The van der Waals surface area contributed by atoms with Crippen LogP contribution in [-0.2, 0) is 11.2 Å². The Hall–Kier alpha value is -2.44.